The number of sulfonamides is 1. The highest BCUT2D eigenvalue weighted by molar-refractivity contribution is 7.92. The van der Waals surface area contributed by atoms with Crippen LogP contribution in [0.4, 0.5) is 24.5 Å². The smallest absolute Gasteiger partial charge is 0.490 e. The number of benzene rings is 2. The number of hydrogen-bond acceptors (Lipinski definition) is 7. The summed E-state index contributed by atoms with van der Waals surface area (Å²) in [5.74, 6) is -3.38. The Balaban J connectivity index is 0.000000572. The number of anilines is 2. The number of aliphatic carboxylic acids is 1. The number of aromatic carboxylic acids is 1. The van der Waals surface area contributed by atoms with Gasteiger partial charge in [0.25, 0.3) is 10.0 Å². The lowest BCUT2D eigenvalue weighted by Gasteiger charge is -2.34. The minimum atomic E-state index is -5.08. The van der Waals surface area contributed by atoms with Crippen molar-refractivity contribution in [2.24, 2.45) is 0 Å². The maximum Gasteiger partial charge on any atom is 0.490 e. The highest BCUT2D eigenvalue weighted by atomic mass is 32.2. The number of carboxylic acids is 2. The molecule has 1 heterocycles. The quantitative estimate of drug-likeness (QED) is 0.491. The summed E-state index contributed by atoms with van der Waals surface area (Å²) < 4.78 is 64.9. The van der Waals surface area contributed by atoms with E-state index in [0.717, 1.165) is 31.9 Å². The second-order valence-electron chi connectivity index (χ2n) is 7.64. The van der Waals surface area contributed by atoms with Gasteiger partial charge in [-0.15, -0.1) is 0 Å². The van der Waals surface area contributed by atoms with Gasteiger partial charge in [0.2, 0.25) is 0 Å². The zero-order valence-electron chi connectivity index (χ0n) is 19.4. The van der Waals surface area contributed by atoms with Gasteiger partial charge in [0.1, 0.15) is 5.75 Å². The van der Waals surface area contributed by atoms with Crippen LogP contribution in [0.25, 0.3) is 0 Å². The molecule has 0 unspecified atom stereocenters. The third-order valence-corrected chi connectivity index (χ3v) is 6.42. The van der Waals surface area contributed by atoms with Crippen LogP contribution in [0, 0.1) is 0 Å². The van der Waals surface area contributed by atoms with Crippen LogP contribution in [0.15, 0.2) is 47.4 Å². The van der Waals surface area contributed by atoms with Crippen molar-refractivity contribution < 1.29 is 46.1 Å². The van der Waals surface area contributed by atoms with E-state index in [1.807, 2.05) is 14.0 Å². The van der Waals surface area contributed by atoms with Crippen LogP contribution < -0.4 is 14.4 Å². The first-order valence-corrected chi connectivity index (χ1v) is 12.1. The molecule has 1 aliphatic heterocycles. The normalized spacial score (nSPS) is 14.4. The number of nitrogens with zero attached hydrogens (tertiary/aromatic N) is 2. The molecule has 3 N–H and O–H groups in total. The second kappa shape index (κ2) is 11.9. The van der Waals surface area contributed by atoms with Crippen LogP contribution in [0.1, 0.15) is 17.3 Å². The van der Waals surface area contributed by atoms with Gasteiger partial charge < -0.3 is 24.7 Å². The number of carboxylic acid groups (broad SMARTS) is 2. The van der Waals surface area contributed by atoms with Gasteiger partial charge in [0, 0.05) is 31.9 Å². The van der Waals surface area contributed by atoms with Gasteiger partial charge in [-0.3, -0.25) is 4.72 Å². The van der Waals surface area contributed by atoms with Crippen molar-refractivity contribution >= 4 is 33.3 Å². The van der Waals surface area contributed by atoms with Crippen LogP contribution in [-0.2, 0) is 14.8 Å². The summed E-state index contributed by atoms with van der Waals surface area (Å²) >= 11 is 0. The number of ether oxygens (including phenoxy) is 1. The van der Waals surface area contributed by atoms with Crippen molar-refractivity contribution in [3.63, 3.8) is 0 Å². The van der Waals surface area contributed by atoms with Crippen molar-refractivity contribution in [2.45, 2.75) is 18.0 Å². The Labute approximate surface area is 205 Å². The van der Waals surface area contributed by atoms with Crippen LogP contribution in [-0.4, -0.2) is 81.5 Å². The SMILES string of the molecule is CCOc1ccc(S(=O)(=O)Nc2ccc(N3CCN(C)CC3)cc2C(=O)O)cc1.O=C(O)C(F)(F)F. The Hall–Kier alpha value is -3.52. The van der Waals surface area contributed by atoms with Crippen molar-refractivity contribution in [1.29, 1.82) is 0 Å². The molecule has 2 aromatic carbocycles. The molecule has 3 rings (SSSR count). The number of carbonyl (C=O) groups is 2. The zero-order valence-corrected chi connectivity index (χ0v) is 20.3. The summed E-state index contributed by atoms with van der Waals surface area (Å²) in [6, 6.07) is 10.7. The molecule has 0 aliphatic carbocycles. The molecule has 1 fully saturated rings. The number of rotatable bonds is 7. The number of likely N-dealkylation sites (N-methyl/N-ethyl adjacent to an activating group) is 1. The molecule has 198 valence electrons. The highest BCUT2D eigenvalue weighted by Gasteiger charge is 2.38. The molecule has 0 amide bonds. The summed E-state index contributed by atoms with van der Waals surface area (Å²) in [5, 5.41) is 16.7. The lowest BCUT2D eigenvalue weighted by atomic mass is 10.1. The van der Waals surface area contributed by atoms with Gasteiger partial charge in [-0.05, 0) is 56.4 Å². The zero-order chi connectivity index (χ0) is 27.1. The molecular formula is C22H26F3N3O7S. The number of hydrogen-bond donors (Lipinski definition) is 3. The van der Waals surface area contributed by atoms with Gasteiger partial charge in [-0.25, -0.2) is 18.0 Å². The lowest BCUT2D eigenvalue weighted by molar-refractivity contribution is -0.192. The Kier molecular flexibility index (Phi) is 9.53. The largest absolute Gasteiger partial charge is 0.494 e. The Morgan fingerprint density at radius 1 is 1.03 bits per heavy atom. The van der Waals surface area contributed by atoms with Gasteiger partial charge >= 0.3 is 18.1 Å². The maximum absolute atomic E-state index is 12.7. The standard InChI is InChI=1S/C20H25N3O5S.C2HF3O2/c1-3-28-16-5-7-17(8-6-16)29(26,27)21-19-9-4-15(14-18(19)20(24)25)23-12-10-22(2)11-13-23;3-2(4,5)1(6)7/h4-9,14,21H,3,10-13H2,1-2H3,(H,24,25);(H,6,7). The minimum Gasteiger partial charge on any atom is -0.494 e. The average Bonchev–Trinajstić information content (AvgIpc) is 2.80. The number of piperazine rings is 1. The van der Waals surface area contributed by atoms with E-state index in [-0.39, 0.29) is 16.1 Å². The van der Waals surface area contributed by atoms with Crippen molar-refractivity contribution in [3.05, 3.63) is 48.0 Å². The summed E-state index contributed by atoms with van der Waals surface area (Å²) in [6.45, 7) is 5.65. The van der Waals surface area contributed by atoms with E-state index in [2.05, 4.69) is 14.5 Å². The van der Waals surface area contributed by atoms with E-state index >= 15 is 0 Å². The molecular weight excluding hydrogens is 507 g/mol. The van der Waals surface area contributed by atoms with E-state index < -0.39 is 28.1 Å². The number of halogens is 3. The molecule has 1 aliphatic rings. The van der Waals surface area contributed by atoms with E-state index in [1.54, 1.807) is 18.2 Å². The topological polar surface area (TPSA) is 136 Å². The molecule has 2 aromatic rings. The van der Waals surface area contributed by atoms with E-state index in [4.69, 9.17) is 14.6 Å². The molecule has 10 nitrogen and oxygen atoms in total. The summed E-state index contributed by atoms with van der Waals surface area (Å²) in [7, 11) is -1.89. The highest BCUT2D eigenvalue weighted by Crippen LogP contribution is 2.27. The molecule has 36 heavy (non-hydrogen) atoms. The fraction of sp³-hybridized carbons (Fsp3) is 0.364. The third kappa shape index (κ3) is 8.02. The van der Waals surface area contributed by atoms with E-state index in [9.17, 15) is 31.5 Å². The van der Waals surface area contributed by atoms with Gasteiger partial charge in [0.05, 0.1) is 22.8 Å². The second-order valence-corrected chi connectivity index (χ2v) is 9.32. The molecule has 0 aromatic heterocycles. The maximum atomic E-state index is 12.7. The predicted octanol–water partition coefficient (Wildman–Crippen LogP) is 2.97. The van der Waals surface area contributed by atoms with Crippen LogP contribution >= 0.6 is 0 Å². The monoisotopic (exact) mass is 533 g/mol. The lowest BCUT2D eigenvalue weighted by Crippen LogP contribution is -2.44. The molecule has 14 heteroatoms. The average molecular weight is 534 g/mol. The Morgan fingerprint density at radius 2 is 1.58 bits per heavy atom. The molecule has 0 bridgehead atoms. The first kappa shape index (κ1) is 28.7. The van der Waals surface area contributed by atoms with E-state index in [1.165, 1.54) is 24.3 Å². The number of alkyl halides is 3. The first-order valence-electron chi connectivity index (χ1n) is 10.6. The number of nitrogens with one attached hydrogen (secondary N) is 1. The first-order chi connectivity index (χ1) is 16.7. The molecule has 0 radical (unpaired) electrons. The third-order valence-electron chi connectivity index (χ3n) is 5.03. The molecule has 0 saturated carbocycles. The van der Waals surface area contributed by atoms with Crippen molar-refractivity contribution in [2.75, 3.05) is 49.5 Å². The Morgan fingerprint density at radius 3 is 2.06 bits per heavy atom. The van der Waals surface area contributed by atoms with Crippen molar-refractivity contribution in [1.82, 2.24) is 4.90 Å². The van der Waals surface area contributed by atoms with Gasteiger partial charge in [-0.2, -0.15) is 13.2 Å². The van der Waals surface area contributed by atoms with E-state index in [0.29, 0.717) is 12.4 Å². The fourth-order valence-electron chi connectivity index (χ4n) is 3.14. The molecule has 0 atom stereocenters. The summed E-state index contributed by atoms with van der Waals surface area (Å²) in [6.07, 6.45) is -5.08. The van der Waals surface area contributed by atoms with Gasteiger partial charge in [-0.1, -0.05) is 0 Å². The Bertz CT molecular complexity index is 1160. The minimum absolute atomic E-state index is 0.0282. The fourth-order valence-corrected chi connectivity index (χ4v) is 4.22. The van der Waals surface area contributed by atoms with Crippen LogP contribution in [0.2, 0.25) is 0 Å². The van der Waals surface area contributed by atoms with Crippen molar-refractivity contribution in [3.8, 4) is 5.75 Å². The summed E-state index contributed by atoms with van der Waals surface area (Å²) in [5.41, 5.74) is 0.708. The predicted molar refractivity (Wildman–Crippen MR) is 125 cm³/mol. The van der Waals surface area contributed by atoms with Crippen LogP contribution in [0.5, 0.6) is 5.75 Å². The van der Waals surface area contributed by atoms with Gasteiger partial charge in [0.15, 0.2) is 0 Å². The molecule has 1 saturated heterocycles. The van der Waals surface area contributed by atoms with Crippen LogP contribution in [0.3, 0.4) is 0 Å². The molecule has 0 spiro atoms. The summed E-state index contributed by atoms with van der Waals surface area (Å²) in [4.78, 5) is 25.0.